The van der Waals surface area contributed by atoms with Crippen molar-refractivity contribution in [3.05, 3.63) is 65.5 Å². The molecule has 0 atom stereocenters. The molecular formula is C21H20F2N4O2S. The quantitative estimate of drug-likeness (QED) is 0.528. The Morgan fingerprint density at radius 3 is 2.47 bits per heavy atom. The molecule has 0 aliphatic rings. The maximum atomic E-state index is 13.4. The molecule has 1 heterocycles. The van der Waals surface area contributed by atoms with Gasteiger partial charge in [-0.2, -0.15) is 0 Å². The van der Waals surface area contributed by atoms with Crippen molar-refractivity contribution >= 4 is 34.0 Å². The molecule has 6 nitrogen and oxygen atoms in total. The zero-order valence-corrected chi connectivity index (χ0v) is 17.1. The second-order valence-corrected chi connectivity index (χ2v) is 7.87. The number of benzene rings is 2. The number of para-hydroxylation sites is 1. The van der Waals surface area contributed by atoms with Crippen LogP contribution >= 0.6 is 11.3 Å². The fourth-order valence-corrected chi connectivity index (χ4v) is 3.21. The standard InChI is InChI=1S/C21H20F2N4O2S/c1-21(2,19(29)25-14-6-4-3-5-7-14)24-11-18(28)27-20-26-17(12-30-20)13-8-9-15(22)16(23)10-13/h3-10,12,24H,11H2,1-2H3,(H,25,29)(H,26,27,28). The van der Waals surface area contributed by atoms with E-state index < -0.39 is 17.2 Å². The lowest BCUT2D eigenvalue weighted by molar-refractivity contribution is -0.121. The molecule has 3 aromatic rings. The minimum absolute atomic E-state index is 0.116. The van der Waals surface area contributed by atoms with Gasteiger partial charge >= 0.3 is 0 Å². The van der Waals surface area contributed by atoms with Crippen LogP contribution in [0, 0.1) is 11.6 Å². The first-order valence-electron chi connectivity index (χ1n) is 9.07. The van der Waals surface area contributed by atoms with Gasteiger partial charge in [-0.3, -0.25) is 14.9 Å². The fraction of sp³-hybridized carbons (Fsp3) is 0.190. The van der Waals surface area contributed by atoms with E-state index in [1.807, 2.05) is 18.2 Å². The second kappa shape index (κ2) is 9.10. The van der Waals surface area contributed by atoms with Gasteiger partial charge in [-0.1, -0.05) is 18.2 Å². The lowest BCUT2D eigenvalue weighted by Crippen LogP contribution is -2.52. The van der Waals surface area contributed by atoms with Crippen molar-refractivity contribution in [1.29, 1.82) is 0 Å². The van der Waals surface area contributed by atoms with E-state index >= 15 is 0 Å². The van der Waals surface area contributed by atoms with Crippen LogP contribution in [0.15, 0.2) is 53.9 Å². The van der Waals surface area contributed by atoms with Crippen molar-refractivity contribution in [2.24, 2.45) is 0 Å². The minimum atomic E-state index is -0.993. The highest BCUT2D eigenvalue weighted by Crippen LogP contribution is 2.26. The van der Waals surface area contributed by atoms with E-state index in [-0.39, 0.29) is 18.4 Å². The summed E-state index contributed by atoms with van der Waals surface area (Å²) in [6.45, 7) is 3.22. The van der Waals surface area contributed by atoms with Crippen molar-refractivity contribution in [3.8, 4) is 11.3 Å². The third-order valence-corrected chi connectivity index (χ3v) is 5.01. The van der Waals surface area contributed by atoms with Crippen LogP contribution in [0.3, 0.4) is 0 Å². The highest BCUT2D eigenvalue weighted by atomic mass is 32.1. The molecule has 3 N–H and O–H groups in total. The molecule has 2 aromatic carbocycles. The summed E-state index contributed by atoms with van der Waals surface area (Å²) >= 11 is 1.16. The van der Waals surface area contributed by atoms with Gasteiger partial charge in [0.1, 0.15) is 0 Å². The molecule has 0 fully saturated rings. The van der Waals surface area contributed by atoms with Crippen LogP contribution in [0.25, 0.3) is 11.3 Å². The highest BCUT2D eigenvalue weighted by Gasteiger charge is 2.27. The van der Waals surface area contributed by atoms with Crippen molar-refractivity contribution in [1.82, 2.24) is 10.3 Å². The maximum absolute atomic E-state index is 13.4. The first-order chi connectivity index (χ1) is 14.2. The Kier molecular flexibility index (Phi) is 6.53. The highest BCUT2D eigenvalue weighted by molar-refractivity contribution is 7.14. The minimum Gasteiger partial charge on any atom is -0.325 e. The van der Waals surface area contributed by atoms with Crippen LogP contribution in [0.2, 0.25) is 0 Å². The predicted octanol–water partition coefficient (Wildman–Crippen LogP) is 4.03. The number of hydrogen-bond donors (Lipinski definition) is 3. The summed E-state index contributed by atoms with van der Waals surface area (Å²) in [7, 11) is 0. The van der Waals surface area contributed by atoms with E-state index in [1.54, 1.807) is 31.4 Å². The van der Waals surface area contributed by atoms with E-state index in [1.165, 1.54) is 6.07 Å². The number of thiazole rings is 1. The summed E-state index contributed by atoms with van der Waals surface area (Å²) in [4.78, 5) is 28.9. The summed E-state index contributed by atoms with van der Waals surface area (Å²) in [5, 5.41) is 10.3. The molecule has 0 bridgehead atoms. The zero-order valence-electron chi connectivity index (χ0n) is 16.3. The van der Waals surface area contributed by atoms with Gasteiger partial charge in [0.2, 0.25) is 11.8 Å². The van der Waals surface area contributed by atoms with E-state index in [9.17, 15) is 18.4 Å². The summed E-state index contributed by atoms with van der Waals surface area (Å²) in [6, 6.07) is 12.5. The molecule has 0 radical (unpaired) electrons. The molecule has 30 heavy (non-hydrogen) atoms. The predicted molar refractivity (Wildman–Crippen MR) is 113 cm³/mol. The average molecular weight is 430 g/mol. The number of hydrogen-bond acceptors (Lipinski definition) is 5. The van der Waals surface area contributed by atoms with Gasteiger partial charge in [-0.15, -0.1) is 11.3 Å². The molecule has 3 rings (SSSR count). The van der Waals surface area contributed by atoms with E-state index in [0.717, 1.165) is 23.5 Å². The third kappa shape index (κ3) is 5.46. The van der Waals surface area contributed by atoms with Gasteiger partial charge in [0.05, 0.1) is 17.8 Å². The summed E-state index contributed by atoms with van der Waals surface area (Å²) in [5.74, 6) is -2.57. The van der Waals surface area contributed by atoms with Gasteiger partial charge in [0, 0.05) is 16.6 Å². The Balaban J connectivity index is 1.54. The van der Waals surface area contributed by atoms with Gasteiger partial charge in [-0.05, 0) is 44.2 Å². The molecule has 1 aromatic heterocycles. The molecular weight excluding hydrogens is 410 g/mol. The topological polar surface area (TPSA) is 83.1 Å². The Morgan fingerprint density at radius 2 is 1.77 bits per heavy atom. The first kappa shape index (κ1) is 21.5. The van der Waals surface area contributed by atoms with E-state index in [0.29, 0.717) is 22.1 Å². The van der Waals surface area contributed by atoms with Crippen LogP contribution in [0.5, 0.6) is 0 Å². The number of anilines is 2. The first-order valence-corrected chi connectivity index (χ1v) is 9.95. The molecule has 0 unspecified atom stereocenters. The number of rotatable bonds is 7. The SMILES string of the molecule is CC(C)(NCC(=O)Nc1nc(-c2ccc(F)c(F)c2)cs1)C(=O)Nc1ccccc1. The van der Waals surface area contributed by atoms with Gasteiger partial charge in [0.15, 0.2) is 16.8 Å². The van der Waals surface area contributed by atoms with Crippen LogP contribution in [-0.2, 0) is 9.59 Å². The molecule has 0 saturated heterocycles. The van der Waals surface area contributed by atoms with Gasteiger partial charge < -0.3 is 10.6 Å². The number of amides is 2. The van der Waals surface area contributed by atoms with Crippen LogP contribution in [0.1, 0.15) is 13.8 Å². The Labute approximate surface area is 176 Å². The van der Waals surface area contributed by atoms with Crippen molar-refractivity contribution in [2.75, 3.05) is 17.2 Å². The third-order valence-electron chi connectivity index (χ3n) is 4.26. The molecule has 2 amide bonds. The van der Waals surface area contributed by atoms with Gasteiger partial charge in [-0.25, -0.2) is 13.8 Å². The summed E-state index contributed by atoms with van der Waals surface area (Å²) in [6.07, 6.45) is 0. The Hall–Kier alpha value is -3.17. The van der Waals surface area contributed by atoms with E-state index in [4.69, 9.17) is 0 Å². The fourth-order valence-electron chi connectivity index (χ4n) is 2.47. The molecule has 156 valence electrons. The van der Waals surface area contributed by atoms with E-state index in [2.05, 4.69) is 20.9 Å². The molecule has 9 heteroatoms. The molecule has 0 aliphatic heterocycles. The number of nitrogens with zero attached hydrogens (tertiary/aromatic N) is 1. The average Bonchev–Trinajstić information content (AvgIpc) is 3.18. The Bertz CT molecular complexity index is 1050. The lowest BCUT2D eigenvalue weighted by Gasteiger charge is -2.24. The number of nitrogens with one attached hydrogen (secondary N) is 3. The number of halogens is 2. The van der Waals surface area contributed by atoms with Crippen molar-refractivity contribution in [3.63, 3.8) is 0 Å². The smallest absolute Gasteiger partial charge is 0.244 e. The van der Waals surface area contributed by atoms with Crippen LogP contribution in [0.4, 0.5) is 19.6 Å². The normalized spacial score (nSPS) is 11.2. The summed E-state index contributed by atoms with van der Waals surface area (Å²) < 4.78 is 26.5. The molecule has 0 spiro atoms. The van der Waals surface area contributed by atoms with Gasteiger partial charge in [0.25, 0.3) is 0 Å². The number of carbonyl (C=O) groups is 2. The molecule has 0 aliphatic carbocycles. The molecule has 0 saturated carbocycles. The monoisotopic (exact) mass is 430 g/mol. The maximum Gasteiger partial charge on any atom is 0.244 e. The lowest BCUT2D eigenvalue weighted by atomic mass is 10.0. The number of aromatic nitrogens is 1. The summed E-state index contributed by atoms with van der Waals surface area (Å²) in [5.41, 5.74) is 0.494. The number of carbonyl (C=O) groups excluding carboxylic acids is 2. The largest absolute Gasteiger partial charge is 0.325 e. The second-order valence-electron chi connectivity index (χ2n) is 7.01. The zero-order chi connectivity index (χ0) is 21.7. The van der Waals surface area contributed by atoms with Crippen molar-refractivity contribution < 1.29 is 18.4 Å². The van der Waals surface area contributed by atoms with Crippen LogP contribution in [-0.4, -0.2) is 28.9 Å². The van der Waals surface area contributed by atoms with Crippen molar-refractivity contribution in [2.45, 2.75) is 19.4 Å². The Morgan fingerprint density at radius 1 is 1.03 bits per heavy atom. The van der Waals surface area contributed by atoms with Crippen LogP contribution < -0.4 is 16.0 Å².